The van der Waals surface area contributed by atoms with Gasteiger partial charge in [-0.1, -0.05) is 13.8 Å². The number of carbonyl (C=O) groups is 1. The Bertz CT molecular complexity index is 183. The number of nitrogens with zero attached hydrogens (tertiary/aromatic N) is 1. The molecule has 90 valence electrons. The van der Waals surface area contributed by atoms with Gasteiger partial charge in [0.05, 0.1) is 19.6 Å². The van der Waals surface area contributed by atoms with Crippen LogP contribution in [-0.4, -0.2) is 49.3 Å². The Kier molecular flexibility index (Phi) is 7.34. The minimum atomic E-state index is -0.630. The first-order valence-electron chi connectivity index (χ1n) is 5.39. The normalized spacial score (nSPS) is 13.3. The maximum absolute atomic E-state index is 10.9. The van der Waals surface area contributed by atoms with E-state index in [1.807, 2.05) is 11.9 Å². The van der Waals surface area contributed by atoms with Gasteiger partial charge in [-0.15, -0.1) is 0 Å². The second kappa shape index (κ2) is 7.65. The largest absolute Gasteiger partial charge is 0.469 e. The summed E-state index contributed by atoms with van der Waals surface area (Å²) in [5.74, 6) is 0.296. The number of hydrogen-bond donors (Lipinski definition) is 1. The van der Waals surface area contributed by atoms with Gasteiger partial charge in [-0.3, -0.25) is 4.79 Å². The molecule has 1 atom stereocenters. The zero-order chi connectivity index (χ0) is 11.8. The number of carbonyl (C=O) groups excluding carboxylic acids is 1. The van der Waals surface area contributed by atoms with Crippen molar-refractivity contribution in [2.75, 3.05) is 27.2 Å². The predicted molar refractivity (Wildman–Crippen MR) is 59.6 cm³/mol. The van der Waals surface area contributed by atoms with Crippen molar-refractivity contribution < 1.29 is 14.6 Å². The zero-order valence-electron chi connectivity index (χ0n) is 10.2. The summed E-state index contributed by atoms with van der Waals surface area (Å²) in [6, 6.07) is 0. The summed E-state index contributed by atoms with van der Waals surface area (Å²) in [6.07, 6.45) is 0.541. The highest BCUT2D eigenvalue weighted by atomic mass is 16.5. The van der Waals surface area contributed by atoms with Crippen molar-refractivity contribution in [1.29, 1.82) is 0 Å². The Balaban J connectivity index is 3.66. The molecule has 0 aliphatic heterocycles. The van der Waals surface area contributed by atoms with E-state index in [2.05, 4.69) is 18.6 Å². The Morgan fingerprint density at radius 1 is 1.47 bits per heavy atom. The number of esters is 1. The van der Waals surface area contributed by atoms with Crippen LogP contribution in [-0.2, 0) is 9.53 Å². The van der Waals surface area contributed by atoms with Gasteiger partial charge in [0.15, 0.2) is 0 Å². The first-order chi connectivity index (χ1) is 6.95. The number of aliphatic hydroxyl groups is 1. The number of hydrogen-bond acceptors (Lipinski definition) is 4. The van der Waals surface area contributed by atoms with Crippen LogP contribution in [0.5, 0.6) is 0 Å². The summed E-state index contributed by atoms with van der Waals surface area (Å²) in [6.45, 7) is 5.79. The number of rotatable bonds is 7. The molecule has 0 bridgehead atoms. The van der Waals surface area contributed by atoms with Crippen LogP contribution in [0.1, 0.15) is 26.7 Å². The van der Waals surface area contributed by atoms with Crippen LogP contribution in [0.2, 0.25) is 0 Å². The Hall–Kier alpha value is -0.610. The second-order valence-corrected chi connectivity index (χ2v) is 4.38. The summed E-state index contributed by atoms with van der Waals surface area (Å²) in [4.78, 5) is 12.9. The molecule has 0 saturated carbocycles. The third kappa shape index (κ3) is 8.39. The first-order valence-corrected chi connectivity index (χ1v) is 5.39. The standard InChI is InChI=1S/C11H23NO3/c1-9(2)5-6-12(3)8-10(13)7-11(14)15-4/h9-10,13H,5-8H2,1-4H3. The lowest BCUT2D eigenvalue weighted by Crippen LogP contribution is -2.32. The minimum Gasteiger partial charge on any atom is -0.469 e. The average Bonchev–Trinajstić information content (AvgIpc) is 2.14. The Morgan fingerprint density at radius 3 is 2.53 bits per heavy atom. The second-order valence-electron chi connectivity index (χ2n) is 4.38. The summed E-state index contributed by atoms with van der Waals surface area (Å²) in [5, 5.41) is 9.54. The van der Waals surface area contributed by atoms with Crippen LogP contribution in [0, 0.1) is 5.92 Å². The van der Waals surface area contributed by atoms with Gasteiger partial charge >= 0.3 is 5.97 Å². The summed E-state index contributed by atoms with van der Waals surface area (Å²) < 4.78 is 4.48. The molecule has 1 N–H and O–H groups in total. The summed E-state index contributed by atoms with van der Waals surface area (Å²) >= 11 is 0. The maximum atomic E-state index is 10.9. The van der Waals surface area contributed by atoms with E-state index in [1.165, 1.54) is 7.11 Å². The molecule has 0 aromatic heterocycles. The fourth-order valence-corrected chi connectivity index (χ4v) is 1.27. The van der Waals surface area contributed by atoms with Crippen LogP contribution in [0.15, 0.2) is 0 Å². The van der Waals surface area contributed by atoms with E-state index >= 15 is 0 Å². The van der Waals surface area contributed by atoms with Crippen LogP contribution in [0.3, 0.4) is 0 Å². The van der Waals surface area contributed by atoms with E-state index in [0.717, 1.165) is 13.0 Å². The highest BCUT2D eigenvalue weighted by molar-refractivity contribution is 5.69. The lowest BCUT2D eigenvalue weighted by molar-refractivity contribution is -0.143. The van der Waals surface area contributed by atoms with E-state index in [4.69, 9.17) is 0 Å². The molecule has 0 fully saturated rings. The fourth-order valence-electron chi connectivity index (χ4n) is 1.27. The van der Waals surface area contributed by atoms with E-state index in [9.17, 15) is 9.90 Å². The van der Waals surface area contributed by atoms with Crippen molar-refractivity contribution in [2.45, 2.75) is 32.8 Å². The molecule has 1 unspecified atom stereocenters. The highest BCUT2D eigenvalue weighted by Gasteiger charge is 2.13. The molecule has 4 heteroatoms. The van der Waals surface area contributed by atoms with E-state index < -0.39 is 6.10 Å². The van der Waals surface area contributed by atoms with Crippen molar-refractivity contribution in [2.24, 2.45) is 5.92 Å². The third-order valence-electron chi connectivity index (χ3n) is 2.24. The molecular formula is C11H23NO3. The fraction of sp³-hybridized carbons (Fsp3) is 0.909. The van der Waals surface area contributed by atoms with Gasteiger partial charge in [0.2, 0.25) is 0 Å². The molecule has 0 aromatic carbocycles. The van der Waals surface area contributed by atoms with Crippen molar-refractivity contribution in [3.05, 3.63) is 0 Å². The van der Waals surface area contributed by atoms with Gasteiger partial charge in [0.25, 0.3) is 0 Å². The highest BCUT2D eigenvalue weighted by Crippen LogP contribution is 2.02. The van der Waals surface area contributed by atoms with Gasteiger partial charge in [0.1, 0.15) is 0 Å². The molecule has 0 amide bonds. The van der Waals surface area contributed by atoms with Gasteiger partial charge < -0.3 is 14.7 Å². The maximum Gasteiger partial charge on any atom is 0.308 e. The molecule has 0 aromatic rings. The van der Waals surface area contributed by atoms with Crippen LogP contribution in [0.25, 0.3) is 0 Å². The summed E-state index contributed by atoms with van der Waals surface area (Å²) in [5.41, 5.74) is 0. The predicted octanol–water partition coefficient (Wildman–Crippen LogP) is 0.888. The molecule has 0 aliphatic rings. The molecule has 0 spiro atoms. The monoisotopic (exact) mass is 217 g/mol. The first kappa shape index (κ1) is 14.4. The molecule has 0 aliphatic carbocycles. The Labute approximate surface area is 92.2 Å². The van der Waals surface area contributed by atoms with Crippen LogP contribution < -0.4 is 0 Å². The van der Waals surface area contributed by atoms with Crippen molar-refractivity contribution in [1.82, 2.24) is 4.90 Å². The number of methoxy groups -OCH3 is 1. The van der Waals surface area contributed by atoms with E-state index in [1.54, 1.807) is 0 Å². The van der Waals surface area contributed by atoms with Gasteiger partial charge in [-0.25, -0.2) is 0 Å². The third-order valence-corrected chi connectivity index (χ3v) is 2.24. The smallest absolute Gasteiger partial charge is 0.308 e. The molecule has 0 saturated heterocycles. The molecule has 4 nitrogen and oxygen atoms in total. The zero-order valence-corrected chi connectivity index (χ0v) is 10.2. The number of ether oxygens (including phenoxy) is 1. The topological polar surface area (TPSA) is 49.8 Å². The molecular weight excluding hydrogens is 194 g/mol. The number of likely N-dealkylation sites (N-methyl/N-ethyl adjacent to an activating group) is 1. The van der Waals surface area contributed by atoms with Crippen molar-refractivity contribution in [3.8, 4) is 0 Å². The van der Waals surface area contributed by atoms with E-state index in [-0.39, 0.29) is 12.4 Å². The van der Waals surface area contributed by atoms with Crippen LogP contribution >= 0.6 is 0 Å². The number of aliphatic hydroxyl groups excluding tert-OH is 1. The lowest BCUT2D eigenvalue weighted by atomic mass is 10.1. The Morgan fingerprint density at radius 2 is 2.07 bits per heavy atom. The quantitative estimate of drug-likeness (QED) is 0.643. The van der Waals surface area contributed by atoms with Crippen molar-refractivity contribution >= 4 is 5.97 Å². The summed E-state index contributed by atoms with van der Waals surface area (Å²) in [7, 11) is 3.28. The van der Waals surface area contributed by atoms with Crippen LogP contribution in [0.4, 0.5) is 0 Å². The SMILES string of the molecule is COC(=O)CC(O)CN(C)CCC(C)C. The van der Waals surface area contributed by atoms with Gasteiger partial charge in [-0.2, -0.15) is 0 Å². The van der Waals surface area contributed by atoms with Crippen molar-refractivity contribution in [3.63, 3.8) is 0 Å². The molecule has 0 rings (SSSR count). The minimum absolute atomic E-state index is 0.0719. The average molecular weight is 217 g/mol. The molecule has 0 heterocycles. The van der Waals surface area contributed by atoms with Gasteiger partial charge in [-0.05, 0) is 25.9 Å². The lowest BCUT2D eigenvalue weighted by Gasteiger charge is -2.20. The van der Waals surface area contributed by atoms with Gasteiger partial charge in [0, 0.05) is 6.54 Å². The molecule has 0 radical (unpaired) electrons. The molecule has 15 heavy (non-hydrogen) atoms. The van der Waals surface area contributed by atoms with E-state index in [0.29, 0.717) is 12.5 Å².